The van der Waals surface area contributed by atoms with Gasteiger partial charge in [-0.2, -0.15) is 0 Å². The molecule has 1 fully saturated rings. The first-order valence-electron chi connectivity index (χ1n) is 5.81. The molecular weight excluding hydrogens is 198 g/mol. The predicted octanol–water partition coefficient (Wildman–Crippen LogP) is 3.01. The number of nitrogens with zero attached hydrogens (tertiary/aromatic N) is 1. The lowest BCUT2D eigenvalue weighted by molar-refractivity contribution is -0.117. The zero-order valence-corrected chi connectivity index (χ0v) is 9.44. The third-order valence-corrected chi connectivity index (χ3v) is 3.61. The van der Waals surface area contributed by atoms with Crippen LogP contribution in [0, 0.1) is 0 Å². The highest BCUT2D eigenvalue weighted by atomic mass is 16.1. The molecule has 82 valence electrons. The van der Waals surface area contributed by atoms with Crippen molar-refractivity contribution in [3.63, 3.8) is 0 Å². The van der Waals surface area contributed by atoms with Crippen molar-refractivity contribution in [2.45, 2.75) is 25.2 Å². The molecule has 16 heavy (non-hydrogen) atoms. The van der Waals surface area contributed by atoms with Gasteiger partial charge >= 0.3 is 0 Å². The molecule has 1 atom stereocenters. The van der Waals surface area contributed by atoms with Gasteiger partial charge in [-0.15, -0.1) is 0 Å². The fourth-order valence-electron chi connectivity index (χ4n) is 2.78. The average molecular weight is 213 g/mol. The van der Waals surface area contributed by atoms with Crippen LogP contribution in [0.5, 0.6) is 0 Å². The van der Waals surface area contributed by atoms with Crippen LogP contribution in [0.1, 0.15) is 30.7 Å². The van der Waals surface area contributed by atoms with Crippen LogP contribution in [0.15, 0.2) is 30.5 Å². The maximum absolute atomic E-state index is 11.4. The van der Waals surface area contributed by atoms with E-state index in [9.17, 15) is 4.79 Å². The number of fused-ring (bicyclic) bond motifs is 1. The number of Topliss-reactive ketones (excluding diaryl/α,β-unsaturated/α-hetero) is 1. The molecule has 1 aliphatic rings. The molecule has 0 bridgehead atoms. The Labute approximate surface area is 94.9 Å². The first kappa shape index (κ1) is 9.64. The van der Waals surface area contributed by atoms with Crippen LogP contribution in [0.4, 0.5) is 0 Å². The number of hydrogen-bond donors (Lipinski definition) is 0. The molecule has 1 heterocycles. The van der Waals surface area contributed by atoms with Crippen molar-refractivity contribution in [2.24, 2.45) is 7.05 Å². The summed E-state index contributed by atoms with van der Waals surface area (Å²) in [6, 6.07) is 8.43. The molecule has 1 saturated carbocycles. The van der Waals surface area contributed by atoms with Crippen molar-refractivity contribution in [2.75, 3.05) is 0 Å². The number of aromatic nitrogens is 1. The van der Waals surface area contributed by atoms with E-state index in [4.69, 9.17) is 0 Å². The Hall–Kier alpha value is -1.57. The summed E-state index contributed by atoms with van der Waals surface area (Å²) in [7, 11) is 2.07. The van der Waals surface area contributed by atoms with Crippen LogP contribution < -0.4 is 0 Å². The van der Waals surface area contributed by atoms with Gasteiger partial charge in [-0.3, -0.25) is 4.79 Å². The molecule has 0 N–H and O–H groups in total. The molecule has 1 aliphatic carbocycles. The van der Waals surface area contributed by atoms with Gasteiger partial charge < -0.3 is 4.57 Å². The third kappa shape index (κ3) is 1.37. The van der Waals surface area contributed by atoms with Gasteiger partial charge in [0.05, 0.1) is 0 Å². The zero-order chi connectivity index (χ0) is 11.1. The summed E-state index contributed by atoms with van der Waals surface area (Å²) in [4.78, 5) is 11.4. The highest BCUT2D eigenvalue weighted by molar-refractivity contribution is 5.87. The van der Waals surface area contributed by atoms with E-state index in [2.05, 4.69) is 42.1 Å². The van der Waals surface area contributed by atoms with E-state index in [1.807, 2.05) is 0 Å². The number of carbonyl (C=O) groups is 1. The summed E-state index contributed by atoms with van der Waals surface area (Å²) in [6.45, 7) is 0. The molecule has 2 aromatic rings. The second-order valence-electron chi connectivity index (χ2n) is 4.69. The summed E-state index contributed by atoms with van der Waals surface area (Å²) < 4.78 is 2.16. The van der Waals surface area contributed by atoms with Gasteiger partial charge in [0.25, 0.3) is 0 Å². The van der Waals surface area contributed by atoms with Crippen molar-refractivity contribution >= 4 is 16.7 Å². The molecule has 0 saturated heterocycles. The molecule has 0 aliphatic heterocycles. The average Bonchev–Trinajstić information content (AvgIpc) is 2.84. The molecule has 3 rings (SSSR count). The summed E-state index contributed by atoms with van der Waals surface area (Å²) in [5, 5.41) is 1.31. The summed E-state index contributed by atoms with van der Waals surface area (Å²) in [5.41, 5.74) is 2.61. The second-order valence-corrected chi connectivity index (χ2v) is 4.69. The van der Waals surface area contributed by atoms with Gasteiger partial charge in [0, 0.05) is 37.0 Å². The molecule has 1 aromatic carbocycles. The first-order valence-corrected chi connectivity index (χ1v) is 5.81. The Kier molecular flexibility index (Phi) is 2.10. The number of aryl methyl sites for hydroxylation is 1. The van der Waals surface area contributed by atoms with E-state index >= 15 is 0 Å². The molecule has 1 aromatic heterocycles. The number of rotatable bonds is 1. The monoisotopic (exact) mass is 213 g/mol. The predicted molar refractivity (Wildman–Crippen MR) is 64.5 cm³/mol. The van der Waals surface area contributed by atoms with E-state index in [1.54, 1.807) is 0 Å². The maximum atomic E-state index is 11.4. The minimum Gasteiger partial charge on any atom is -0.350 e. The van der Waals surface area contributed by atoms with Crippen molar-refractivity contribution < 1.29 is 4.79 Å². The number of benzene rings is 1. The minimum absolute atomic E-state index is 0.415. The van der Waals surface area contributed by atoms with E-state index in [-0.39, 0.29) is 0 Å². The van der Waals surface area contributed by atoms with Crippen molar-refractivity contribution in [3.8, 4) is 0 Å². The van der Waals surface area contributed by atoms with E-state index < -0.39 is 0 Å². The molecule has 2 heteroatoms. The largest absolute Gasteiger partial charge is 0.350 e. The fraction of sp³-hybridized carbons (Fsp3) is 0.357. The molecule has 1 unspecified atom stereocenters. The van der Waals surface area contributed by atoms with Gasteiger partial charge in [-0.25, -0.2) is 0 Å². The second kappa shape index (κ2) is 3.48. The van der Waals surface area contributed by atoms with Crippen LogP contribution in [0.2, 0.25) is 0 Å². The topological polar surface area (TPSA) is 22.0 Å². The number of para-hydroxylation sites is 1. The smallest absolute Gasteiger partial charge is 0.133 e. The van der Waals surface area contributed by atoms with Gasteiger partial charge in [0.15, 0.2) is 0 Å². The van der Waals surface area contributed by atoms with Crippen LogP contribution in [0.25, 0.3) is 10.9 Å². The van der Waals surface area contributed by atoms with E-state index in [0.29, 0.717) is 11.7 Å². The lowest BCUT2D eigenvalue weighted by Gasteiger charge is -2.05. The summed E-state index contributed by atoms with van der Waals surface area (Å²) in [5.74, 6) is 0.858. The van der Waals surface area contributed by atoms with Crippen LogP contribution in [-0.2, 0) is 11.8 Å². The highest BCUT2D eigenvalue weighted by Crippen LogP contribution is 2.36. The van der Waals surface area contributed by atoms with E-state index in [1.165, 1.54) is 16.5 Å². The Morgan fingerprint density at radius 3 is 2.88 bits per heavy atom. The Bertz CT molecular complexity index is 553. The maximum Gasteiger partial charge on any atom is 0.133 e. The SMILES string of the molecule is Cn1cc(C2CCC(=O)C2)c2ccccc21. The molecule has 0 amide bonds. The molecule has 0 spiro atoms. The van der Waals surface area contributed by atoms with E-state index in [0.717, 1.165) is 19.3 Å². The first-order chi connectivity index (χ1) is 7.75. The minimum atomic E-state index is 0.415. The Balaban J connectivity index is 2.13. The molecular formula is C14H15NO. The zero-order valence-electron chi connectivity index (χ0n) is 9.44. The van der Waals surface area contributed by atoms with Gasteiger partial charge in [0.1, 0.15) is 5.78 Å². The highest BCUT2D eigenvalue weighted by Gasteiger charge is 2.25. The van der Waals surface area contributed by atoms with Crippen molar-refractivity contribution in [3.05, 3.63) is 36.0 Å². The summed E-state index contributed by atoms with van der Waals surface area (Å²) in [6.07, 6.45) is 4.70. The van der Waals surface area contributed by atoms with Crippen LogP contribution >= 0.6 is 0 Å². The normalized spacial score (nSPS) is 20.8. The quantitative estimate of drug-likeness (QED) is 0.713. The van der Waals surface area contributed by atoms with Crippen molar-refractivity contribution in [1.29, 1.82) is 0 Å². The number of ketones is 1. The standard InChI is InChI=1S/C14H15NO/c1-15-9-13(10-6-7-11(16)8-10)12-4-2-3-5-14(12)15/h2-5,9-10H,6-8H2,1H3. The number of hydrogen-bond acceptors (Lipinski definition) is 1. The van der Waals surface area contributed by atoms with Crippen LogP contribution in [0.3, 0.4) is 0 Å². The fourth-order valence-corrected chi connectivity index (χ4v) is 2.78. The van der Waals surface area contributed by atoms with Crippen molar-refractivity contribution in [1.82, 2.24) is 4.57 Å². The molecule has 2 nitrogen and oxygen atoms in total. The van der Waals surface area contributed by atoms with Crippen LogP contribution in [-0.4, -0.2) is 10.4 Å². The lowest BCUT2D eigenvalue weighted by atomic mass is 9.97. The van der Waals surface area contributed by atoms with Gasteiger partial charge in [-0.1, -0.05) is 18.2 Å². The van der Waals surface area contributed by atoms with Gasteiger partial charge in [-0.05, 0) is 24.0 Å². The van der Waals surface area contributed by atoms with Gasteiger partial charge in [0.2, 0.25) is 0 Å². The molecule has 0 radical (unpaired) electrons. The Morgan fingerprint density at radius 2 is 2.12 bits per heavy atom. The summed E-state index contributed by atoms with van der Waals surface area (Å²) >= 11 is 0. The number of carbonyl (C=O) groups excluding carboxylic acids is 1. The third-order valence-electron chi connectivity index (χ3n) is 3.61. The lowest BCUT2D eigenvalue weighted by Crippen LogP contribution is -1.93. The Morgan fingerprint density at radius 1 is 1.31 bits per heavy atom.